The number of rotatable bonds is 5. The summed E-state index contributed by atoms with van der Waals surface area (Å²) in [4.78, 5) is 27.1. The van der Waals surface area contributed by atoms with Crippen LogP contribution in [0.2, 0.25) is 0 Å². The standard InChI is InChI=1S/C20H21FN2O5/c1-26-15-10-12(11-16(27-2)18(15)28-3)20(25)23-9-8-22-19(24)17(23)13-6-4-5-7-14(13)21/h4-7,10-11,17H,8-9H2,1-3H3,(H,22,24). The lowest BCUT2D eigenvalue weighted by molar-refractivity contribution is -0.128. The highest BCUT2D eigenvalue weighted by Crippen LogP contribution is 2.39. The Balaban J connectivity index is 2.05. The Labute approximate surface area is 162 Å². The molecular formula is C20H21FN2O5. The first-order valence-electron chi connectivity index (χ1n) is 8.65. The van der Waals surface area contributed by atoms with Crippen LogP contribution in [0.15, 0.2) is 36.4 Å². The Kier molecular flexibility index (Phi) is 5.67. The largest absolute Gasteiger partial charge is 0.493 e. The molecule has 1 heterocycles. The van der Waals surface area contributed by atoms with Gasteiger partial charge in [0, 0.05) is 24.2 Å². The van der Waals surface area contributed by atoms with Crippen molar-refractivity contribution in [3.05, 3.63) is 53.3 Å². The van der Waals surface area contributed by atoms with Gasteiger partial charge in [0.25, 0.3) is 5.91 Å². The third kappa shape index (κ3) is 3.45. The van der Waals surface area contributed by atoms with E-state index >= 15 is 0 Å². The minimum absolute atomic E-state index is 0.139. The van der Waals surface area contributed by atoms with Crippen molar-refractivity contribution in [3.63, 3.8) is 0 Å². The molecule has 1 unspecified atom stereocenters. The van der Waals surface area contributed by atoms with Crippen LogP contribution in [0.25, 0.3) is 0 Å². The van der Waals surface area contributed by atoms with Gasteiger partial charge in [0.1, 0.15) is 11.9 Å². The van der Waals surface area contributed by atoms with E-state index in [0.717, 1.165) is 0 Å². The lowest BCUT2D eigenvalue weighted by Crippen LogP contribution is -2.52. The first-order valence-corrected chi connectivity index (χ1v) is 8.65. The van der Waals surface area contributed by atoms with Gasteiger partial charge in [-0.3, -0.25) is 9.59 Å². The molecule has 148 valence electrons. The molecule has 3 rings (SSSR count). The van der Waals surface area contributed by atoms with Crippen molar-refractivity contribution in [1.29, 1.82) is 0 Å². The number of methoxy groups -OCH3 is 3. The van der Waals surface area contributed by atoms with E-state index in [1.54, 1.807) is 6.07 Å². The minimum atomic E-state index is -1.07. The van der Waals surface area contributed by atoms with Crippen molar-refractivity contribution >= 4 is 11.8 Å². The fourth-order valence-corrected chi connectivity index (χ4v) is 3.26. The molecule has 0 saturated carbocycles. The molecule has 0 spiro atoms. The fourth-order valence-electron chi connectivity index (χ4n) is 3.26. The van der Waals surface area contributed by atoms with Gasteiger partial charge in [-0.1, -0.05) is 18.2 Å². The van der Waals surface area contributed by atoms with E-state index in [1.165, 1.54) is 56.6 Å². The summed E-state index contributed by atoms with van der Waals surface area (Å²) < 4.78 is 30.2. The third-order valence-electron chi connectivity index (χ3n) is 4.58. The Bertz CT molecular complexity index is 877. The van der Waals surface area contributed by atoms with Crippen LogP contribution in [0.3, 0.4) is 0 Å². The van der Waals surface area contributed by atoms with E-state index in [2.05, 4.69) is 5.32 Å². The Morgan fingerprint density at radius 2 is 1.75 bits per heavy atom. The van der Waals surface area contributed by atoms with E-state index < -0.39 is 23.7 Å². The molecule has 0 aliphatic carbocycles. The molecule has 0 bridgehead atoms. The smallest absolute Gasteiger partial charge is 0.255 e. The zero-order valence-electron chi connectivity index (χ0n) is 15.8. The molecule has 1 aliphatic heterocycles. The number of carbonyl (C=O) groups excluding carboxylic acids is 2. The van der Waals surface area contributed by atoms with Crippen LogP contribution >= 0.6 is 0 Å². The van der Waals surface area contributed by atoms with Crippen molar-refractivity contribution < 1.29 is 28.2 Å². The normalized spacial score (nSPS) is 16.4. The van der Waals surface area contributed by atoms with Gasteiger partial charge in [0.15, 0.2) is 11.5 Å². The number of amides is 2. The summed E-state index contributed by atoms with van der Waals surface area (Å²) in [6.07, 6.45) is 0. The Morgan fingerprint density at radius 1 is 1.11 bits per heavy atom. The number of carbonyl (C=O) groups is 2. The maximum Gasteiger partial charge on any atom is 0.255 e. The number of hydrogen-bond donors (Lipinski definition) is 1. The summed E-state index contributed by atoms with van der Waals surface area (Å²) in [6, 6.07) is 7.87. The van der Waals surface area contributed by atoms with Crippen LogP contribution in [-0.4, -0.2) is 51.1 Å². The highest BCUT2D eigenvalue weighted by Gasteiger charge is 2.36. The second-order valence-corrected chi connectivity index (χ2v) is 6.13. The molecule has 0 aromatic heterocycles. The molecule has 1 aliphatic rings. The van der Waals surface area contributed by atoms with Gasteiger partial charge in [-0.15, -0.1) is 0 Å². The quantitative estimate of drug-likeness (QED) is 0.850. The Hall–Kier alpha value is -3.29. The Morgan fingerprint density at radius 3 is 2.32 bits per heavy atom. The van der Waals surface area contributed by atoms with Crippen molar-refractivity contribution in [2.75, 3.05) is 34.4 Å². The number of halogens is 1. The molecule has 1 saturated heterocycles. The zero-order chi connectivity index (χ0) is 20.3. The van der Waals surface area contributed by atoms with Gasteiger partial charge in [0.2, 0.25) is 11.7 Å². The average molecular weight is 388 g/mol. The molecule has 7 nitrogen and oxygen atoms in total. The van der Waals surface area contributed by atoms with Crippen molar-refractivity contribution in [2.24, 2.45) is 0 Å². The number of hydrogen-bond acceptors (Lipinski definition) is 5. The van der Waals surface area contributed by atoms with Crippen LogP contribution in [0, 0.1) is 5.82 Å². The van der Waals surface area contributed by atoms with Crippen LogP contribution in [0.5, 0.6) is 17.2 Å². The summed E-state index contributed by atoms with van der Waals surface area (Å²) in [5.74, 6) is -0.446. The van der Waals surface area contributed by atoms with E-state index in [9.17, 15) is 14.0 Å². The van der Waals surface area contributed by atoms with Crippen LogP contribution in [0.1, 0.15) is 22.0 Å². The van der Waals surface area contributed by atoms with Gasteiger partial charge in [-0.05, 0) is 18.2 Å². The van der Waals surface area contributed by atoms with Crippen molar-refractivity contribution in [3.8, 4) is 17.2 Å². The second kappa shape index (κ2) is 8.16. The molecule has 0 radical (unpaired) electrons. The molecule has 1 fully saturated rings. The first-order chi connectivity index (χ1) is 13.5. The molecule has 2 aromatic carbocycles. The molecule has 8 heteroatoms. The first kappa shape index (κ1) is 19.5. The minimum Gasteiger partial charge on any atom is -0.493 e. The van der Waals surface area contributed by atoms with Gasteiger partial charge in [0.05, 0.1) is 21.3 Å². The van der Waals surface area contributed by atoms with E-state index in [-0.39, 0.29) is 24.2 Å². The highest BCUT2D eigenvalue weighted by molar-refractivity contribution is 5.99. The predicted octanol–water partition coefficient (Wildman–Crippen LogP) is 2.16. The van der Waals surface area contributed by atoms with Crippen molar-refractivity contribution in [1.82, 2.24) is 10.2 Å². The van der Waals surface area contributed by atoms with Crippen LogP contribution in [-0.2, 0) is 4.79 Å². The molecule has 2 aromatic rings. The van der Waals surface area contributed by atoms with Gasteiger partial charge in [-0.25, -0.2) is 4.39 Å². The maximum absolute atomic E-state index is 14.3. The zero-order valence-corrected chi connectivity index (χ0v) is 15.8. The molecule has 1 atom stereocenters. The van der Waals surface area contributed by atoms with E-state index in [0.29, 0.717) is 17.2 Å². The molecule has 1 N–H and O–H groups in total. The summed E-state index contributed by atoms with van der Waals surface area (Å²) in [5, 5.41) is 2.69. The summed E-state index contributed by atoms with van der Waals surface area (Å²) in [7, 11) is 4.36. The van der Waals surface area contributed by atoms with Crippen LogP contribution < -0.4 is 19.5 Å². The predicted molar refractivity (Wildman–Crippen MR) is 99.3 cm³/mol. The highest BCUT2D eigenvalue weighted by atomic mass is 19.1. The monoisotopic (exact) mass is 388 g/mol. The van der Waals surface area contributed by atoms with Gasteiger partial charge >= 0.3 is 0 Å². The number of ether oxygens (including phenoxy) is 3. The van der Waals surface area contributed by atoms with Gasteiger partial charge in [-0.2, -0.15) is 0 Å². The van der Waals surface area contributed by atoms with E-state index in [4.69, 9.17) is 14.2 Å². The number of nitrogens with zero attached hydrogens (tertiary/aromatic N) is 1. The number of benzene rings is 2. The van der Waals surface area contributed by atoms with Crippen LogP contribution in [0.4, 0.5) is 4.39 Å². The van der Waals surface area contributed by atoms with Crippen molar-refractivity contribution in [2.45, 2.75) is 6.04 Å². The second-order valence-electron chi connectivity index (χ2n) is 6.13. The summed E-state index contributed by atoms with van der Waals surface area (Å²) in [5.41, 5.74) is 0.381. The van der Waals surface area contributed by atoms with E-state index in [1.807, 2.05) is 0 Å². The molecular weight excluding hydrogens is 367 g/mol. The summed E-state index contributed by atoms with van der Waals surface area (Å²) in [6.45, 7) is 0.514. The fraction of sp³-hybridized carbons (Fsp3) is 0.300. The lowest BCUT2D eigenvalue weighted by atomic mass is 10.0. The van der Waals surface area contributed by atoms with Gasteiger partial charge < -0.3 is 24.4 Å². The number of nitrogens with one attached hydrogen (secondary N) is 1. The number of piperazine rings is 1. The molecule has 28 heavy (non-hydrogen) atoms. The SMILES string of the molecule is COc1cc(C(=O)N2CCNC(=O)C2c2ccccc2F)cc(OC)c1OC. The summed E-state index contributed by atoms with van der Waals surface area (Å²) >= 11 is 0. The topological polar surface area (TPSA) is 77.1 Å². The third-order valence-corrected chi connectivity index (χ3v) is 4.58. The average Bonchev–Trinajstić information content (AvgIpc) is 2.72. The maximum atomic E-state index is 14.3. The molecule has 2 amide bonds. The lowest BCUT2D eigenvalue weighted by Gasteiger charge is -2.35.